The fourth-order valence-electron chi connectivity index (χ4n) is 2.28. The Labute approximate surface area is 128 Å². The molecule has 22 heavy (non-hydrogen) atoms. The molecule has 1 amide bonds. The van der Waals surface area contributed by atoms with Gasteiger partial charge in [-0.3, -0.25) is 14.9 Å². The highest BCUT2D eigenvalue weighted by Crippen LogP contribution is 2.16. The van der Waals surface area contributed by atoms with Crippen LogP contribution in [0.1, 0.15) is 30.1 Å². The maximum atomic E-state index is 11.9. The number of carbonyl (C=O) groups excluding carboxylic acids is 2. The third-order valence-electron chi connectivity index (χ3n) is 3.78. The van der Waals surface area contributed by atoms with Gasteiger partial charge in [-0.05, 0) is 30.9 Å². The summed E-state index contributed by atoms with van der Waals surface area (Å²) >= 11 is 0. The summed E-state index contributed by atoms with van der Waals surface area (Å²) in [5, 5.41) is 10.5. The molecule has 1 aliphatic heterocycles. The minimum Gasteiger partial charge on any atom is -0.452 e. The van der Waals surface area contributed by atoms with Gasteiger partial charge in [0.15, 0.2) is 6.61 Å². The van der Waals surface area contributed by atoms with E-state index in [0.717, 1.165) is 12.8 Å². The van der Waals surface area contributed by atoms with Crippen LogP contribution in [0.5, 0.6) is 0 Å². The molecule has 0 atom stereocenters. The number of nitrogens with zero attached hydrogens (tertiary/aromatic N) is 2. The lowest BCUT2D eigenvalue weighted by molar-refractivity contribution is -0.384. The van der Waals surface area contributed by atoms with Gasteiger partial charge < -0.3 is 9.64 Å². The van der Waals surface area contributed by atoms with Crippen LogP contribution in [-0.2, 0) is 9.53 Å². The second-order valence-electron chi connectivity index (χ2n) is 5.44. The number of likely N-dealkylation sites (tertiary alicyclic amines) is 1. The van der Waals surface area contributed by atoms with Gasteiger partial charge in [0.25, 0.3) is 11.6 Å². The summed E-state index contributed by atoms with van der Waals surface area (Å²) < 4.78 is 4.97. The Morgan fingerprint density at radius 1 is 1.27 bits per heavy atom. The Balaban J connectivity index is 1.84. The average molecular weight is 306 g/mol. The lowest BCUT2D eigenvalue weighted by Gasteiger charge is -2.30. The van der Waals surface area contributed by atoms with E-state index in [1.54, 1.807) is 4.90 Å². The highest BCUT2D eigenvalue weighted by atomic mass is 16.6. The number of ether oxygens (including phenoxy) is 1. The third-order valence-corrected chi connectivity index (χ3v) is 3.78. The summed E-state index contributed by atoms with van der Waals surface area (Å²) in [5.74, 6) is -0.248. The molecular weight excluding hydrogens is 288 g/mol. The first-order chi connectivity index (χ1) is 10.5. The number of rotatable bonds is 4. The SMILES string of the molecule is CC1CCN(C(=O)COC(=O)c2ccc([N+](=O)[O-])cc2)CC1. The monoisotopic (exact) mass is 306 g/mol. The van der Waals surface area contributed by atoms with E-state index in [-0.39, 0.29) is 23.8 Å². The highest BCUT2D eigenvalue weighted by Gasteiger charge is 2.21. The number of hydrogen-bond acceptors (Lipinski definition) is 5. The van der Waals surface area contributed by atoms with Gasteiger partial charge in [-0.1, -0.05) is 6.92 Å². The maximum absolute atomic E-state index is 11.9. The first-order valence-electron chi connectivity index (χ1n) is 7.16. The number of hydrogen-bond donors (Lipinski definition) is 0. The minimum absolute atomic E-state index is 0.102. The van der Waals surface area contributed by atoms with Gasteiger partial charge in [-0.2, -0.15) is 0 Å². The molecule has 0 bridgehead atoms. The zero-order valence-electron chi connectivity index (χ0n) is 12.4. The second kappa shape index (κ2) is 7.02. The number of amides is 1. The fraction of sp³-hybridized carbons (Fsp3) is 0.467. The minimum atomic E-state index is -0.659. The molecule has 1 fully saturated rings. The Hall–Kier alpha value is -2.44. The molecule has 2 rings (SSSR count). The molecule has 1 aliphatic rings. The topological polar surface area (TPSA) is 89.8 Å². The van der Waals surface area contributed by atoms with Gasteiger partial charge in [0, 0.05) is 25.2 Å². The molecule has 1 saturated heterocycles. The van der Waals surface area contributed by atoms with Gasteiger partial charge in [-0.15, -0.1) is 0 Å². The van der Waals surface area contributed by atoms with Crippen LogP contribution in [-0.4, -0.2) is 41.4 Å². The summed E-state index contributed by atoms with van der Waals surface area (Å²) in [7, 11) is 0. The number of nitro benzene ring substituents is 1. The van der Waals surface area contributed by atoms with Crippen LogP contribution in [0.2, 0.25) is 0 Å². The van der Waals surface area contributed by atoms with E-state index >= 15 is 0 Å². The number of benzene rings is 1. The number of esters is 1. The molecule has 1 heterocycles. The van der Waals surface area contributed by atoms with Crippen LogP contribution in [0.3, 0.4) is 0 Å². The van der Waals surface area contributed by atoms with E-state index < -0.39 is 10.9 Å². The van der Waals surface area contributed by atoms with Crippen molar-refractivity contribution in [2.45, 2.75) is 19.8 Å². The number of piperidine rings is 1. The van der Waals surface area contributed by atoms with Gasteiger partial charge in [0.2, 0.25) is 0 Å². The standard InChI is InChI=1S/C15H18N2O5/c1-11-6-8-16(9-7-11)14(18)10-22-15(19)12-2-4-13(5-3-12)17(20)21/h2-5,11H,6-10H2,1H3. The highest BCUT2D eigenvalue weighted by molar-refractivity contribution is 5.91. The van der Waals surface area contributed by atoms with E-state index in [1.807, 2.05) is 0 Å². The zero-order valence-corrected chi connectivity index (χ0v) is 12.4. The summed E-state index contributed by atoms with van der Waals surface area (Å²) in [5.41, 5.74) is 0.0840. The van der Waals surface area contributed by atoms with Crippen molar-refractivity contribution in [1.82, 2.24) is 4.90 Å². The van der Waals surface area contributed by atoms with Crippen molar-refractivity contribution in [1.29, 1.82) is 0 Å². The molecule has 0 aromatic heterocycles. The number of nitro groups is 1. The Kier molecular flexibility index (Phi) is 5.08. The quantitative estimate of drug-likeness (QED) is 0.482. The first-order valence-corrected chi connectivity index (χ1v) is 7.16. The van der Waals surface area contributed by atoms with Crippen LogP contribution < -0.4 is 0 Å². The van der Waals surface area contributed by atoms with Gasteiger partial charge >= 0.3 is 5.97 Å². The van der Waals surface area contributed by atoms with Gasteiger partial charge in [0.05, 0.1) is 10.5 Å². The van der Waals surface area contributed by atoms with Crippen LogP contribution in [0.15, 0.2) is 24.3 Å². The lowest BCUT2D eigenvalue weighted by atomic mass is 9.99. The van der Waals surface area contributed by atoms with Crippen LogP contribution in [0.4, 0.5) is 5.69 Å². The number of non-ortho nitro benzene ring substituents is 1. The molecule has 0 radical (unpaired) electrons. The molecule has 7 nitrogen and oxygen atoms in total. The van der Waals surface area contributed by atoms with E-state index in [4.69, 9.17) is 4.74 Å². The molecule has 0 unspecified atom stereocenters. The smallest absolute Gasteiger partial charge is 0.338 e. The van der Waals surface area contributed by atoms with Crippen molar-refractivity contribution in [3.8, 4) is 0 Å². The van der Waals surface area contributed by atoms with Crippen LogP contribution in [0, 0.1) is 16.0 Å². The molecule has 118 valence electrons. The summed E-state index contributed by atoms with van der Waals surface area (Å²) in [6.07, 6.45) is 1.92. The van der Waals surface area contributed by atoms with E-state index in [2.05, 4.69) is 6.92 Å². The van der Waals surface area contributed by atoms with E-state index in [9.17, 15) is 19.7 Å². The molecule has 7 heteroatoms. The van der Waals surface area contributed by atoms with Crippen molar-refractivity contribution < 1.29 is 19.2 Å². The molecule has 0 saturated carbocycles. The Morgan fingerprint density at radius 3 is 2.41 bits per heavy atom. The predicted molar refractivity (Wildman–Crippen MR) is 78.4 cm³/mol. The van der Waals surface area contributed by atoms with Crippen LogP contribution in [0.25, 0.3) is 0 Å². The van der Waals surface area contributed by atoms with E-state index in [1.165, 1.54) is 24.3 Å². The third kappa shape index (κ3) is 4.03. The van der Waals surface area contributed by atoms with Crippen molar-refractivity contribution in [3.05, 3.63) is 39.9 Å². The summed E-state index contributed by atoms with van der Waals surface area (Å²) in [4.78, 5) is 35.4. The molecule has 0 aliphatic carbocycles. The molecule has 1 aromatic rings. The second-order valence-corrected chi connectivity index (χ2v) is 5.44. The predicted octanol–water partition coefficient (Wildman–Crippen LogP) is 2.01. The Morgan fingerprint density at radius 2 is 1.86 bits per heavy atom. The summed E-state index contributed by atoms with van der Waals surface area (Å²) in [6, 6.07) is 5.08. The van der Waals surface area contributed by atoms with E-state index in [0.29, 0.717) is 19.0 Å². The number of carbonyl (C=O) groups is 2. The van der Waals surface area contributed by atoms with Crippen molar-refractivity contribution >= 4 is 17.6 Å². The lowest BCUT2D eigenvalue weighted by Crippen LogP contribution is -2.40. The largest absolute Gasteiger partial charge is 0.452 e. The zero-order chi connectivity index (χ0) is 16.1. The fourth-order valence-corrected chi connectivity index (χ4v) is 2.28. The first kappa shape index (κ1) is 15.9. The molecule has 0 N–H and O–H groups in total. The summed E-state index contributed by atoms with van der Waals surface area (Å²) in [6.45, 7) is 3.23. The average Bonchev–Trinajstić information content (AvgIpc) is 2.53. The van der Waals surface area contributed by atoms with Crippen molar-refractivity contribution in [2.24, 2.45) is 5.92 Å². The van der Waals surface area contributed by atoms with Crippen molar-refractivity contribution in [3.63, 3.8) is 0 Å². The normalized spacial score (nSPS) is 15.4. The van der Waals surface area contributed by atoms with Crippen LogP contribution >= 0.6 is 0 Å². The molecule has 0 spiro atoms. The maximum Gasteiger partial charge on any atom is 0.338 e. The van der Waals surface area contributed by atoms with Gasteiger partial charge in [-0.25, -0.2) is 4.79 Å². The molecule has 1 aromatic carbocycles. The van der Waals surface area contributed by atoms with Crippen molar-refractivity contribution in [2.75, 3.05) is 19.7 Å². The van der Waals surface area contributed by atoms with Gasteiger partial charge in [0.1, 0.15) is 0 Å². The molecular formula is C15H18N2O5. The Bertz CT molecular complexity index is 562.